The summed E-state index contributed by atoms with van der Waals surface area (Å²) in [5.74, 6) is -0.620. The van der Waals surface area contributed by atoms with Gasteiger partial charge in [0.2, 0.25) is 5.91 Å². The van der Waals surface area contributed by atoms with Crippen molar-refractivity contribution in [3.8, 4) is 0 Å². The molecule has 1 saturated carbocycles. The van der Waals surface area contributed by atoms with Gasteiger partial charge in [0.15, 0.2) is 14.9 Å². The van der Waals surface area contributed by atoms with Crippen molar-refractivity contribution in [1.29, 1.82) is 0 Å². The monoisotopic (exact) mass is 584 g/mol. The molecule has 37 heavy (non-hydrogen) atoms. The average Bonchev–Trinajstić information content (AvgIpc) is 3.26. The molecule has 2 aromatic carbocycles. The van der Waals surface area contributed by atoms with E-state index >= 15 is 0 Å². The number of carbonyl (C=O) groups is 1. The molecule has 1 aliphatic heterocycles. The molecule has 11 heteroatoms. The van der Waals surface area contributed by atoms with Crippen molar-refractivity contribution >= 4 is 57.8 Å². The fraction of sp³-hybridized carbons (Fsp3) is 0.385. The molecule has 1 atom stereocenters. The quantitative estimate of drug-likeness (QED) is 0.406. The molecule has 1 amide bonds. The number of amides is 1. The maximum absolute atomic E-state index is 12.6. The molecule has 2 aliphatic rings. The first kappa shape index (κ1) is 29.5. The Labute approximate surface area is 235 Å². The van der Waals surface area contributed by atoms with Gasteiger partial charge >= 0.3 is 0 Å². The zero-order valence-corrected chi connectivity index (χ0v) is 23.7. The lowest BCUT2D eigenvalue weighted by atomic mass is 9.58. The van der Waals surface area contributed by atoms with E-state index in [4.69, 9.17) is 11.6 Å². The first-order chi connectivity index (χ1) is 16.8. The van der Waals surface area contributed by atoms with Gasteiger partial charge < -0.3 is 15.2 Å². The van der Waals surface area contributed by atoms with Crippen molar-refractivity contribution < 1.29 is 13.2 Å². The number of benzene rings is 2. The number of anilines is 1. The zero-order valence-electron chi connectivity index (χ0n) is 20.4. The summed E-state index contributed by atoms with van der Waals surface area (Å²) in [5, 5.41) is 7.37. The van der Waals surface area contributed by atoms with Gasteiger partial charge in [-0.05, 0) is 66.8 Å². The van der Waals surface area contributed by atoms with Crippen molar-refractivity contribution in [2.45, 2.75) is 48.6 Å². The summed E-state index contributed by atoms with van der Waals surface area (Å²) < 4.78 is 26.5. The number of hydrogen-bond donors (Lipinski definition) is 2. The first-order valence-corrected chi connectivity index (χ1v) is 13.9. The van der Waals surface area contributed by atoms with Crippen LogP contribution in [-0.2, 0) is 33.5 Å². The summed E-state index contributed by atoms with van der Waals surface area (Å²) in [6.45, 7) is 0.907. The van der Waals surface area contributed by atoms with Crippen molar-refractivity contribution in [3.63, 3.8) is 0 Å². The second-order valence-electron chi connectivity index (χ2n) is 9.56. The largest absolute Gasteiger partial charge is 0.339 e. The molecule has 0 saturated heterocycles. The number of carbonyl (C=O) groups excluding carboxylic acids is 1. The first-order valence-electron chi connectivity index (χ1n) is 11.9. The number of rotatable bonds is 7. The van der Waals surface area contributed by atoms with E-state index in [-0.39, 0.29) is 59.4 Å². The summed E-state index contributed by atoms with van der Waals surface area (Å²) in [7, 11) is -1.91. The molecule has 200 valence electrons. The van der Waals surface area contributed by atoms with Crippen LogP contribution in [0.3, 0.4) is 0 Å². The van der Waals surface area contributed by atoms with Crippen LogP contribution in [-0.4, -0.2) is 36.2 Å². The Hall–Kier alpha value is -2.10. The maximum atomic E-state index is 12.6. The van der Waals surface area contributed by atoms with Crippen molar-refractivity contribution in [1.82, 2.24) is 14.9 Å². The van der Waals surface area contributed by atoms with Gasteiger partial charge in [-0.25, -0.2) is 13.4 Å². The summed E-state index contributed by atoms with van der Waals surface area (Å²) in [4.78, 5) is 16.5. The smallest absolute Gasteiger partial charge is 0.225 e. The summed E-state index contributed by atoms with van der Waals surface area (Å²) in [5.41, 5.74) is 4.45. The molecule has 1 unspecified atom stereocenters. The van der Waals surface area contributed by atoms with Crippen LogP contribution in [0.4, 0.5) is 5.69 Å². The highest BCUT2D eigenvalue weighted by atomic mass is 35.5. The Morgan fingerprint density at radius 3 is 2.54 bits per heavy atom. The Kier molecular flexibility index (Phi) is 9.35. The molecular weight excluding hydrogens is 555 g/mol. The number of aryl methyl sites for hydroxylation is 1. The Balaban J connectivity index is 0.00000190. The SMILES string of the molecule is Cl.Cl.Cn1cnc(S(=O)(=O)CCC(=O)Nc2ccc3c(c2)C(C2(c4ccc(Cl)cc4)CCC2)NCC3)c1. The van der Waals surface area contributed by atoms with Crippen LogP contribution >= 0.6 is 36.4 Å². The van der Waals surface area contributed by atoms with E-state index in [9.17, 15) is 13.2 Å². The second kappa shape index (κ2) is 11.7. The van der Waals surface area contributed by atoms with Gasteiger partial charge in [-0.3, -0.25) is 4.79 Å². The van der Waals surface area contributed by atoms with Crippen molar-refractivity contribution in [2.75, 3.05) is 17.6 Å². The number of hydrogen-bond acceptors (Lipinski definition) is 5. The lowest BCUT2D eigenvalue weighted by Crippen LogP contribution is -2.49. The van der Waals surface area contributed by atoms with Crippen LogP contribution in [0.5, 0.6) is 0 Å². The Morgan fingerprint density at radius 2 is 1.92 bits per heavy atom. The highest BCUT2D eigenvalue weighted by Crippen LogP contribution is 2.53. The van der Waals surface area contributed by atoms with Gasteiger partial charge in [0, 0.05) is 41.8 Å². The van der Waals surface area contributed by atoms with Crippen molar-refractivity contribution in [3.05, 3.63) is 76.7 Å². The molecule has 2 heterocycles. The van der Waals surface area contributed by atoms with Crippen LogP contribution in [0.25, 0.3) is 0 Å². The Bertz CT molecular complexity index is 1360. The standard InChI is InChI=1S/C26H29ClN4O3S.2ClH/c1-31-16-24(29-17-31)35(33,34)14-10-23(32)30-21-8-3-18-9-13-28-25(22(18)15-21)26(11-2-12-26)19-4-6-20(27)7-5-19;;/h3-8,15-17,25,28H,2,9-14H2,1H3,(H,30,32);2*1H. The predicted octanol–water partition coefficient (Wildman–Crippen LogP) is 5.03. The van der Waals surface area contributed by atoms with Crippen LogP contribution in [0, 0.1) is 0 Å². The molecular formula is C26H31Cl3N4O3S. The zero-order chi connectivity index (χ0) is 24.6. The minimum absolute atomic E-state index is 0. The third kappa shape index (κ3) is 5.99. The lowest BCUT2D eigenvalue weighted by Gasteiger charge is -2.50. The second-order valence-corrected chi connectivity index (χ2v) is 12.1. The van der Waals surface area contributed by atoms with Crippen LogP contribution in [0.2, 0.25) is 5.02 Å². The van der Waals surface area contributed by atoms with Gasteiger partial charge in [0.1, 0.15) is 0 Å². The van der Waals surface area contributed by atoms with E-state index in [2.05, 4.69) is 33.8 Å². The maximum Gasteiger partial charge on any atom is 0.225 e. The summed E-state index contributed by atoms with van der Waals surface area (Å²) in [6.07, 6.45) is 7.04. The predicted molar refractivity (Wildman–Crippen MR) is 151 cm³/mol. The number of nitrogens with zero attached hydrogens (tertiary/aromatic N) is 2. The van der Waals surface area contributed by atoms with Gasteiger partial charge in [-0.2, -0.15) is 0 Å². The molecule has 0 spiro atoms. The topological polar surface area (TPSA) is 93.1 Å². The van der Waals surface area contributed by atoms with Crippen molar-refractivity contribution in [2.24, 2.45) is 7.05 Å². The highest BCUT2D eigenvalue weighted by molar-refractivity contribution is 7.91. The number of fused-ring (bicyclic) bond motifs is 1. The third-order valence-corrected chi connectivity index (χ3v) is 9.14. The van der Waals surface area contributed by atoms with Crippen LogP contribution in [0.1, 0.15) is 48.4 Å². The molecule has 1 aromatic heterocycles. The number of sulfone groups is 1. The van der Waals surface area contributed by atoms with Gasteiger partial charge in [-0.1, -0.05) is 36.2 Å². The normalized spacial score (nSPS) is 17.9. The van der Waals surface area contributed by atoms with E-state index in [1.54, 1.807) is 11.6 Å². The molecule has 2 N–H and O–H groups in total. The molecule has 3 aromatic rings. The Morgan fingerprint density at radius 1 is 1.19 bits per heavy atom. The lowest BCUT2D eigenvalue weighted by molar-refractivity contribution is -0.115. The third-order valence-electron chi connectivity index (χ3n) is 7.30. The molecule has 0 bridgehead atoms. The molecule has 7 nitrogen and oxygen atoms in total. The van der Waals surface area contributed by atoms with Crippen LogP contribution < -0.4 is 10.6 Å². The molecule has 0 radical (unpaired) electrons. The molecule has 1 aliphatic carbocycles. The van der Waals surface area contributed by atoms with Gasteiger partial charge in [0.25, 0.3) is 0 Å². The summed E-state index contributed by atoms with van der Waals surface area (Å²) in [6, 6.07) is 14.3. The van der Waals surface area contributed by atoms with E-state index < -0.39 is 9.84 Å². The fourth-order valence-corrected chi connectivity index (χ4v) is 6.64. The number of aromatic nitrogens is 2. The van der Waals surface area contributed by atoms with E-state index in [1.165, 1.54) is 35.6 Å². The average molecular weight is 586 g/mol. The van der Waals surface area contributed by atoms with E-state index in [1.807, 2.05) is 24.3 Å². The molecule has 1 fully saturated rings. The van der Waals surface area contributed by atoms with E-state index in [0.717, 1.165) is 30.8 Å². The van der Waals surface area contributed by atoms with E-state index in [0.29, 0.717) is 5.69 Å². The fourth-order valence-electron chi connectivity index (χ4n) is 5.31. The number of imidazole rings is 1. The number of halogens is 3. The minimum atomic E-state index is -3.61. The summed E-state index contributed by atoms with van der Waals surface area (Å²) >= 11 is 6.15. The number of nitrogens with one attached hydrogen (secondary N) is 2. The highest BCUT2D eigenvalue weighted by Gasteiger charge is 2.47. The van der Waals surface area contributed by atoms with Gasteiger partial charge in [0.05, 0.1) is 12.1 Å². The minimum Gasteiger partial charge on any atom is -0.339 e. The van der Waals surface area contributed by atoms with Gasteiger partial charge in [-0.15, -0.1) is 24.8 Å². The van der Waals surface area contributed by atoms with Crippen LogP contribution in [0.15, 0.2) is 60.0 Å². The molecule has 5 rings (SSSR count).